The molecule has 2 heterocycles. The highest BCUT2D eigenvalue weighted by Gasteiger charge is 2.58. The van der Waals surface area contributed by atoms with Crippen LogP contribution >= 0.6 is 15.9 Å². The Morgan fingerprint density at radius 1 is 1.04 bits per heavy atom. The van der Waals surface area contributed by atoms with Crippen molar-refractivity contribution in [3.05, 3.63) is 58.6 Å². The van der Waals surface area contributed by atoms with E-state index >= 15 is 0 Å². The Morgan fingerprint density at radius 2 is 1.74 bits per heavy atom. The van der Waals surface area contributed by atoms with Crippen LogP contribution in [-0.2, 0) is 14.4 Å². The Labute approximate surface area is 164 Å². The van der Waals surface area contributed by atoms with Gasteiger partial charge in [-0.15, -0.1) is 0 Å². The highest BCUT2D eigenvalue weighted by atomic mass is 79.9. The van der Waals surface area contributed by atoms with Crippen molar-refractivity contribution in [2.75, 3.05) is 9.91 Å². The van der Waals surface area contributed by atoms with Crippen molar-refractivity contribution in [2.45, 2.75) is 19.9 Å². The van der Waals surface area contributed by atoms with Crippen LogP contribution in [0.3, 0.4) is 0 Å². The van der Waals surface area contributed by atoms with Crippen LogP contribution in [0.15, 0.2) is 58.1 Å². The van der Waals surface area contributed by atoms with Gasteiger partial charge >= 0.3 is 0 Å². The lowest BCUT2D eigenvalue weighted by molar-refractivity contribution is -0.122. The molecule has 1 fully saturated rings. The van der Waals surface area contributed by atoms with Gasteiger partial charge < -0.3 is 0 Å². The van der Waals surface area contributed by atoms with Crippen LogP contribution in [-0.4, -0.2) is 29.4 Å². The first kappa shape index (κ1) is 17.6. The summed E-state index contributed by atoms with van der Waals surface area (Å²) in [5, 5.41) is 5.86. The fraction of sp³-hybridized carbons (Fsp3) is 0.200. The second-order valence-electron chi connectivity index (χ2n) is 6.64. The second-order valence-corrected chi connectivity index (χ2v) is 7.55. The summed E-state index contributed by atoms with van der Waals surface area (Å²) in [5.41, 5.74) is 2.28. The number of amides is 2. The normalized spacial score (nSPS) is 21.5. The molecular formula is C20H16BrN3O3. The molecule has 2 aliphatic heterocycles. The zero-order chi connectivity index (χ0) is 19.3. The first-order chi connectivity index (χ1) is 12.9. The third-order valence-electron chi connectivity index (χ3n) is 4.76. The van der Waals surface area contributed by atoms with Gasteiger partial charge in [-0.3, -0.25) is 19.4 Å². The average molecular weight is 426 g/mol. The fourth-order valence-electron chi connectivity index (χ4n) is 3.53. The number of Topliss-reactive ketones (excluding diaryl/α,β-unsaturated/α-hetero) is 1. The van der Waals surface area contributed by atoms with Crippen LogP contribution < -0.4 is 9.91 Å². The lowest BCUT2D eigenvalue weighted by Gasteiger charge is -2.22. The molecule has 0 saturated carbocycles. The minimum absolute atomic E-state index is 0.125. The third kappa shape index (κ3) is 2.78. The summed E-state index contributed by atoms with van der Waals surface area (Å²) in [6.07, 6.45) is 0. The predicted octanol–water partition coefficient (Wildman–Crippen LogP) is 3.08. The van der Waals surface area contributed by atoms with Gasteiger partial charge in [0.2, 0.25) is 5.91 Å². The SMILES string of the molecule is CC(=O)C1=NN(c2cccc(C)c2)[C@@H]2C(=O)N(c3ccc(Br)cc3)C(=O)[C@H]12. The summed E-state index contributed by atoms with van der Waals surface area (Å²) in [7, 11) is 0. The number of nitrogens with zero attached hydrogens (tertiary/aromatic N) is 3. The molecule has 2 amide bonds. The second kappa shape index (κ2) is 6.42. The number of hydrogen-bond acceptors (Lipinski definition) is 5. The summed E-state index contributed by atoms with van der Waals surface area (Å²) in [4.78, 5) is 39.5. The topological polar surface area (TPSA) is 70.1 Å². The first-order valence-corrected chi connectivity index (χ1v) is 9.26. The van der Waals surface area contributed by atoms with Gasteiger partial charge in [-0.05, 0) is 48.9 Å². The molecule has 27 heavy (non-hydrogen) atoms. The van der Waals surface area contributed by atoms with Crippen molar-refractivity contribution in [2.24, 2.45) is 11.0 Å². The van der Waals surface area contributed by atoms with Crippen molar-refractivity contribution in [3.63, 3.8) is 0 Å². The van der Waals surface area contributed by atoms with Crippen LogP contribution in [0.2, 0.25) is 0 Å². The molecule has 0 unspecified atom stereocenters. The molecule has 4 rings (SSSR count). The summed E-state index contributed by atoms with van der Waals surface area (Å²) in [6.45, 7) is 3.30. The maximum atomic E-state index is 13.2. The van der Waals surface area contributed by atoms with Gasteiger partial charge in [-0.25, -0.2) is 4.90 Å². The number of benzene rings is 2. The highest BCUT2D eigenvalue weighted by molar-refractivity contribution is 9.10. The highest BCUT2D eigenvalue weighted by Crippen LogP contribution is 2.38. The quantitative estimate of drug-likeness (QED) is 0.708. The van der Waals surface area contributed by atoms with Crippen molar-refractivity contribution >= 4 is 50.6 Å². The van der Waals surface area contributed by atoms with Gasteiger partial charge in [-0.2, -0.15) is 5.10 Å². The van der Waals surface area contributed by atoms with Crippen molar-refractivity contribution < 1.29 is 14.4 Å². The van der Waals surface area contributed by atoms with Crippen molar-refractivity contribution in [1.29, 1.82) is 0 Å². The van der Waals surface area contributed by atoms with Gasteiger partial charge in [0, 0.05) is 11.4 Å². The van der Waals surface area contributed by atoms with Crippen molar-refractivity contribution in [1.82, 2.24) is 0 Å². The maximum Gasteiger partial charge on any atom is 0.259 e. The largest absolute Gasteiger partial charge is 0.293 e. The number of anilines is 2. The van der Waals surface area contributed by atoms with Gasteiger partial charge in [0.1, 0.15) is 17.7 Å². The Bertz CT molecular complexity index is 1000. The Kier molecular flexibility index (Phi) is 4.19. The lowest BCUT2D eigenvalue weighted by Crippen LogP contribution is -2.39. The standard InChI is InChI=1S/C20H16BrN3O3/c1-11-4-3-5-15(10-11)24-18-16(17(22-24)12(2)25)19(26)23(20(18)27)14-8-6-13(21)7-9-14/h3-10,16,18H,1-2H3/t16-,18+/m1/s1. The van der Waals surface area contributed by atoms with E-state index in [2.05, 4.69) is 21.0 Å². The van der Waals surface area contributed by atoms with Crippen molar-refractivity contribution in [3.8, 4) is 0 Å². The molecule has 7 heteroatoms. The number of hydrogen-bond donors (Lipinski definition) is 0. The van der Waals surface area contributed by atoms with E-state index in [1.165, 1.54) is 11.9 Å². The number of aryl methyl sites for hydroxylation is 1. The minimum atomic E-state index is -0.890. The van der Waals surface area contributed by atoms with Gasteiger partial charge in [0.15, 0.2) is 5.78 Å². The molecule has 0 aromatic heterocycles. The van der Waals surface area contributed by atoms with Crippen LogP contribution in [0, 0.1) is 12.8 Å². The number of hydrazone groups is 1. The number of halogens is 1. The number of fused-ring (bicyclic) bond motifs is 1. The molecule has 2 aliphatic rings. The molecule has 6 nitrogen and oxygen atoms in total. The Balaban J connectivity index is 1.80. The van der Waals surface area contributed by atoms with Gasteiger partial charge in [0.25, 0.3) is 5.91 Å². The van der Waals surface area contributed by atoms with E-state index in [-0.39, 0.29) is 17.4 Å². The fourth-order valence-corrected chi connectivity index (χ4v) is 3.80. The molecule has 0 bridgehead atoms. The monoisotopic (exact) mass is 425 g/mol. The first-order valence-electron chi connectivity index (χ1n) is 8.47. The number of imide groups is 1. The van der Waals surface area contributed by atoms with Crippen LogP contribution in [0.5, 0.6) is 0 Å². The van der Waals surface area contributed by atoms with E-state index in [1.54, 1.807) is 24.3 Å². The summed E-state index contributed by atoms with van der Waals surface area (Å²) in [6, 6.07) is 13.6. The minimum Gasteiger partial charge on any atom is -0.293 e. The smallest absolute Gasteiger partial charge is 0.259 e. The molecule has 2 atom stereocenters. The molecule has 2 aromatic carbocycles. The van der Waals surface area contributed by atoms with E-state index < -0.39 is 17.9 Å². The summed E-state index contributed by atoms with van der Waals surface area (Å²) < 4.78 is 0.845. The van der Waals surface area contributed by atoms with Gasteiger partial charge in [0.05, 0.1) is 11.4 Å². The van der Waals surface area contributed by atoms with E-state index in [9.17, 15) is 14.4 Å². The number of ketones is 1. The lowest BCUT2D eigenvalue weighted by atomic mass is 9.95. The Morgan fingerprint density at radius 3 is 2.37 bits per heavy atom. The predicted molar refractivity (Wildman–Crippen MR) is 106 cm³/mol. The Hall–Kier alpha value is -2.80. The summed E-state index contributed by atoms with van der Waals surface area (Å²) >= 11 is 3.35. The molecule has 0 N–H and O–H groups in total. The summed E-state index contributed by atoms with van der Waals surface area (Å²) in [5.74, 6) is -2.00. The molecule has 2 aromatic rings. The van der Waals surface area contributed by atoms with E-state index in [4.69, 9.17) is 0 Å². The molecule has 0 radical (unpaired) electrons. The molecule has 136 valence electrons. The molecule has 1 saturated heterocycles. The third-order valence-corrected chi connectivity index (χ3v) is 5.29. The number of carbonyl (C=O) groups excluding carboxylic acids is 3. The number of rotatable bonds is 3. The van der Waals surface area contributed by atoms with E-state index in [0.717, 1.165) is 14.9 Å². The molecular weight excluding hydrogens is 410 g/mol. The van der Waals surface area contributed by atoms with Gasteiger partial charge in [-0.1, -0.05) is 28.1 Å². The van der Waals surface area contributed by atoms with E-state index in [0.29, 0.717) is 11.4 Å². The number of carbonyl (C=O) groups is 3. The average Bonchev–Trinajstić information content (AvgIpc) is 3.14. The van der Waals surface area contributed by atoms with E-state index in [1.807, 2.05) is 31.2 Å². The maximum absolute atomic E-state index is 13.2. The van der Waals surface area contributed by atoms with Crippen LogP contribution in [0.25, 0.3) is 0 Å². The zero-order valence-corrected chi connectivity index (χ0v) is 16.3. The molecule has 0 aliphatic carbocycles. The molecule has 0 spiro atoms. The zero-order valence-electron chi connectivity index (χ0n) is 14.7. The van der Waals surface area contributed by atoms with Crippen LogP contribution in [0.1, 0.15) is 12.5 Å². The van der Waals surface area contributed by atoms with Crippen LogP contribution in [0.4, 0.5) is 11.4 Å².